The van der Waals surface area contributed by atoms with Crippen LogP contribution in [0.3, 0.4) is 0 Å². The van der Waals surface area contributed by atoms with Gasteiger partial charge in [-0.1, -0.05) is 147 Å². The minimum absolute atomic E-state index is 0.205. The number of ether oxygens (including phenoxy) is 2. The Balaban J connectivity index is 2.13. The van der Waals surface area contributed by atoms with E-state index in [1.54, 1.807) is 6.08 Å². The first kappa shape index (κ1) is 44.7. The van der Waals surface area contributed by atoms with Crippen LogP contribution in [0, 0.1) is 0 Å². The summed E-state index contributed by atoms with van der Waals surface area (Å²) in [6.45, 7) is 3.38. The first-order valence-electron chi connectivity index (χ1n) is 19.6. The summed E-state index contributed by atoms with van der Waals surface area (Å²) in [5, 5.41) is 53.1. The third kappa shape index (κ3) is 21.7. The van der Waals surface area contributed by atoms with Gasteiger partial charge in [0.1, 0.15) is 24.4 Å². The molecule has 282 valence electrons. The highest BCUT2D eigenvalue weighted by Crippen LogP contribution is 2.22. The lowest BCUT2D eigenvalue weighted by atomic mass is 9.99. The predicted octanol–water partition coefficient (Wildman–Crippen LogP) is 6.77. The third-order valence-electron chi connectivity index (χ3n) is 9.25. The van der Waals surface area contributed by atoms with Crippen molar-refractivity contribution in [1.82, 2.24) is 5.32 Å². The van der Waals surface area contributed by atoms with Gasteiger partial charge in [0.2, 0.25) is 5.91 Å². The fourth-order valence-corrected chi connectivity index (χ4v) is 6.10. The molecule has 1 saturated heterocycles. The van der Waals surface area contributed by atoms with Gasteiger partial charge in [0.05, 0.1) is 25.4 Å². The molecule has 0 aromatic heterocycles. The molecule has 7 unspecified atom stereocenters. The fraction of sp³-hybridized carbons (Fsp3) is 0.872. The Morgan fingerprint density at radius 2 is 1.19 bits per heavy atom. The van der Waals surface area contributed by atoms with Crippen LogP contribution in [0.2, 0.25) is 0 Å². The summed E-state index contributed by atoms with van der Waals surface area (Å²) >= 11 is 0. The zero-order valence-corrected chi connectivity index (χ0v) is 30.5. The van der Waals surface area contributed by atoms with Crippen LogP contribution in [0.25, 0.3) is 0 Å². The van der Waals surface area contributed by atoms with E-state index in [-0.39, 0.29) is 18.9 Å². The topological polar surface area (TPSA) is 149 Å². The lowest BCUT2D eigenvalue weighted by Gasteiger charge is -2.40. The summed E-state index contributed by atoms with van der Waals surface area (Å²) in [7, 11) is 0. The number of hydrogen-bond donors (Lipinski definition) is 6. The number of nitrogens with one attached hydrogen (secondary N) is 1. The molecule has 0 aromatic carbocycles. The maximum atomic E-state index is 12.3. The van der Waals surface area contributed by atoms with Gasteiger partial charge in [-0.05, 0) is 32.1 Å². The summed E-state index contributed by atoms with van der Waals surface area (Å²) in [4.78, 5) is 12.3. The van der Waals surface area contributed by atoms with Gasteiger partial charge in [-0.25, -0.2) is 0 Å². The van der Waals surface area contributed by atoms with Crippen molar-refractivity contribution < 1.29 is 39.8 Å². The van der Waals surface area contributed by atoms with Gasteiger partial charge in [0.15, 0.2) is 6.29 Å². The van der Waals surface area contributed by atoms with Gasteiger partial charge in [-0.3, -0.25) is 4.79 Å². The summed E-state index contributed by atoms with van der Waals surface area (Å²) < 4.78 is 11.0. The molecule has 1 aliphatic heterocycles. The van der Waals surface area contributed by atoms with Gasteiger partial charge in [0, 0.05) is 6.42 Å². The van der Waals surface area contributed by atoms with E-state index in [9.17, 15) is 30.3 Å². The van der Waals surface area contributed by atoms with Crippen LogP contribution in [-0.2, 0) is 14.3 Å². The lowest BCUT2D eigenvalue weighted by Crippen LogP contribution is -2.60. The zero-order chi connectivity index (χ0) is 35.2. The number of hydrogen-bond acceptors (Lipinski definition) is 8. The molecule has 1 aliphatic rings. The average Bonchev–Trinajstić information content (AvgIpc) is 3.08. The summed E-state index contributed by atoms with van der Waals surface area (Å²) in [5.41, 5.74) is 0. The van der Waals surface area contributed by atoms with Crippen LogP contribution < -0.4 is 5.32 Å². The molecule has 1 amide bonds. The maximum Gasteiger partial charge on any atom is 0.220 e. The Bertz CT molecular complexity index is 807. The second-order valence-electron chi connectivity index (χ2n) is 13.7. The molecule has 0 spiro atoms. The van der Waals surface area contributed by atoms with Crippen molar-refractivity contribution in [3.05, 3.63) is 24.3 Å². The van der Waals surface area contributed by atoms with Crippen molar-refractivity contribution in [2.24, 2.45) is 0 Å². The van der Waals surface area contributed by atoms with Crippen molar-refractivity contribution in [3.63, 3.8) is 0 Å². The van der Waals surface area contributed by atoms with Gasteiger partial charge in [-0.15, -0.1) is 0 Å². The number of carbonyl (C=O) groups is 1. The molecule has 0 saturated carbocycles. The van der Waals surface area contributed by atoms with E-state index in [1.165, 1.54) is 116 Å². The Kier molecular flexibility index (Phi) is 28.4. The van der Waals surface area contributed by atoms with Crippen molar-refractivity contribution >= 4 is 5.91 Å². The molecule has 1 fully saturated rings. The molecule has 7 atom stereocenters. The highest BCUT2D eigenvalue weighted by molar-refractivity contribution is 5.76. The van der Waals surface area contributed by atoms with E-state index in [0.717, 1.165) is 19.3 Å². The lowest BCUT2D eigenvalue weighted by molar-refractivity contribution is -0.302. The first-order valence-corrected chi connectivity index (χ1v) is 19.6. The third-order valence-corrected chi connectivity index (χ3v) is 9.25. The Morgan fingerprint density at radius 3 is 1.71 bits per heavy atom. The summed E-state index contributed by atoms with van der Waals surface area (Å²) in [6.07, 6.45) is 28.4. The number of aliphatic hydroxyl groups is 5. The van der Waals surface area contributed by atoms with Gasteiger partial charge < -0.3 is 40.3 Å². The standard InChI is InChI=1S/C39H73NO8/c1-3-5-6-7-8-9-10-11-12-13-14-15-16-17-18-19-20-21-22-23-24-25-26-27-29-33(42)32(40-35(43)28-4-2)31-47-39-38(46)37(45)36(44)34(30-41)48-39/h23-24,27,29,32-34,36-39,41-42,44-46H,3-22,25-26,28,30-31H2,1-2H3,(H,40,43)/b24-23+,29-27+. The number of unbranched alkanes of at least 4 members (excludes halogenated alkanes) is 19. The Morgan fingerprint density at radius 1 is 0.688 bits per heavy atom. The maximum absolute atomic E-state index is 12.3. The van der Waals surface area contributed by atoms with E-state index < -0.39 is 49.5 Å². The Labute approximate surface area is 292 Å². The second-order valence-corrected chi connectivity index (χ2v) is 13.7. The van der Waals surface area contributed by atoms with Crippen molar-refractivity contribution in [1.29, 1.82) is 0 Å². The molecule has 48 heavy (non-hydrogen) atoms. The van der Waals surface area contributed by atoms with E-state index in [0.29, 0.717) is 6.42 Å². The van der Waals surface area contributed by atoms with Crippen LogP contribution in [-0.4, -0.2) is 87.5 Å². The van der Waals surface area contributed by atoms with Crippen LogP contribution in [0.15, 0.2) is 24.3 Å². The number of aliphatic hydroxyl groups excluding tert-OH is 5. The van der Waals surface area contributed by atoms with Crippen LogP contribution >= 0.6 is 0 Å². The average molecular weight is 684 g/mol. The fourth-order valence-electron chi connectivity index (χ4n) is 6.10. The monoisotopic (exact) mass is 684 g/mol. The molecular weight excluding hydrogens is 610 g/mol. The van der Waals surface area contributed by atoms with Crippen LogP contribution in [0.4, 0.5) is 0 Å². The number of amides is 1. The highest BCUT2D eigenvalue weighted by atomic mass is 16.7. The molecule has 6 N–H and O–H groups in total. The van der Waals surface area contributed by atoms with Gasteiger partial charge in [-0.2, -0.15) is 0 Å². The van der Waals surface area contributed by atoms with E-state index >= 15 is 0 Å². The molecule has 9 nitrogen and oxygen atoms in total. The van der Waals surface area contributed by atoms with Crippen molar-refractivity contribution in [3.8, 4) is 0 Å². The largest absolute Gasteiger partial charge is 0.394 e. The smallest absolute Gasteiger partial charge is 0.220 e. The predicted molar refractivity (Wildman–Crippen MR) is 193 cm³/mol. The zero-order valence-electron chi connectivity index (χ0n) is 30.5. The molecule has 0 bridgehead atoms. The number of carbonyl (C=O) groups excluding carboxylic acids is 1. The van der Waals surface area contributed by atoms with Crippen molar-refractivity contribution in [2.45, 2.75) is 204 Å². The van der Waals surface area contributed by atoms with E-state index in [2.05, 4.69) is 24.4 Å². The summed E-state index contributed by atoms with van der Waals surface area (Å²) in [5.74, 6) is -0.241. The minimum Gasteiger partial charge on any atom is -0.394 e. The number of allylic oxidation sites excluding steroid dienone is 3. The van der Waals surface area contributed by atoms with Crippen LogP contribution in [0.5, 0.6) is 0 Å². The van der Waals surface area contributed by atoms with Gasteiger partial charge in [0.25, 0.3) is 0 Å². The second kappa shape index (κ2) is 30.5. The van der Waals surface area contributed by atoms with E-state index in [1.807, 2.05) is 13.0 Å². The molecule has 0 aromatic rings. The van der Waals surface area contributed by atoms with Crippen molar-refractivity contribution in [2.75, 3.05) is 13.2 Å². The molecular formula is C39H73NO8. The first-order chi connectivity index (χ1) is 23.3. The molecule has 1 heterocycles. The van der Waals surface area contributed by atoms with E-state index in [4.69, 9.17) is 9.47 Å². The highest BCUT2D eigenvalue weighted by Gasteiger charge is 2.44. The quantitative estimate of drug-likeness (QED) is 0.0346. The normalized spacial score (nSPS) is 22.9. The van der Waals surface area contributed by atoms with Gasteiger partial charge >= 0.3 is 0 Å². The molecule has 9 heteroatoms. The SMILES string of the molecule is CCCCCCCCCCCCCCCCCCCC/C=C/CC/C=C/C(O)C(COC1OC(CO)C(O)C(O)C1O)NC(=O)CCC. The molecule has 1 rings (SSSR count). The summed E-state index contributed by atoms with van der Waals surface area (Å²) in [6, 6.07) is -0.812. The Hall–Kier alpha value is -1.33. The van der Waals surface area contributed by atoms with Crippen LogP contribution in [0.1, 0.15) is 162 Å². The minimum atomic E-state index is -1.56. The molecule has 0 aliphatic carbocycles. The number of rotatable bonds is 31. The molecule has 0 radical (unpaired) electrons.